The third-order valence-electron chi connectivity index (χ3n) is 3.37. The van der Waals surface area contributed by atoms with Gasteiger partial charge in [0.15, 0.2) is 0 Å². The fraction of sp³-hybridized carbons (Fsp3) is 0.375. The van der Waals surface area contributed by atoms with Crippen LogP contribution in [0.4, 0.5) is 4.79 Å². The summed E-state index contributed by atoms with van der Waals surface area (Å²) in [4.78, 5) is 17.7. The standard InChI is InChI=1S/C16H22N4O2/c1-4-17-16(21)19(2)12-15-18-9-10-20(15)11-13-5-7-14(22-3)8-6-13/h5-10H,4,11-12H2,1-3H3,(H,17,21). The molecule has 2 aromatic rings. The van der Waals surface area contributed by atoms with Gasteiger partial charge in [-0.2, -0.15) is 0 Å². The van der Waals surface area contributed by atoms with Crippen LogP contribution in [0, 0.1) is 0 Å². The number of imidazole rings is 1. The van der Waals surface area contributed by atoms with E-state index in [0.717, 1.165) is 17.1 Å². The molecular weight excluding hydrogens is 280 g/mol. The number of ether oxygens (including phenoxy) is 1. The molecule has 118 valence electrons. The molecule has 6 nitrogen and oxygen atoms in total. The largest absolute Gasteiger partial charge is 0.497 e. The number of rotatable bonds is 6. The highest BCUT2D eigenvalue weighted by atomic mass is 16.5. The Morgan fingerprint density at radius 3 is 2.73 bits per heavy atom. The zero-order valence-corrected chi connectivity index (χ0v) is 13.2. The Labute approximate surface area is 130 Å². The molecule has 0 aliphatic heterocycles. The van der Waals surface area contributed by atoms with Crippen molar-refractivity contribution >= 4 is 6.03 Å². The molecule has 6 heteroatoms. The number of aromatic nitrogens is 2. The summed E-state index contributed by atoms with van der Waals surface area (Å²) in [6.07, 6.45) is 3.68. The fourth-order valence-electron chi connectivity index (χ4n) is 2.13. The van der Waals surface area contributed by atoms with Gasteiger partial charge in [-0.3, -0.25) is 0 Å². The Balaban J connectivity index is 2.03. The van der Waals surface area contributed by atoms with E-state index in [-0.39, 0.29) is 6.03 Å². The SMILES string of the molecule is CCNC(=O)N(C)Cc1nccn1Cc1ccc(OC)cc1. The summed E-state index contributed by atoms with van der Waals surface area (Å²) < 4.78 is 7.20. The van der Waals surface area contributed by atoms with Crippen LogP contribution >= 0.6 is 0 Å². The topological polar surface area (TPSA) is 59.4 Å². The number of nitrogens with zero attached hydrogens (tertiary/aromatic N) is 3. The molecule has 1 heterocycles. The van der Waals surface area contributed by atoms with Crippen molar-refractivity contribution in [1.82, 2.24) is 19.8 Å². The van der Waals surface area contributed by atoms with Gasteiger partial charge in [-0.25, -0.2) is 9.78 Å². The van der Waals surface area contributed by atoms with Crippen LogP contribution in [0.15, 0.2) is 36.7 Å². The van der Waals surface area contributed by atoms with E-state index in [4.69, 9.17) is 4.74 Å². The summed E-state index contributed by atoms with van der Waals surface area (Å²) in [6, 6.07) is 7.83. The summed E-state index contributed by atoms with van der Waals surface area (Å²) in [6.45, 7) is 3.69. The Hall–Kier alpha value is -2.50. The third kappa shape index (κ3) is 4.00. The van der Waals surface area contributed by atoms with Gasteiger partial charge in [0.25, 0.3) is 0 Å². The number of hydrogen-bond donors (Lipinski definition) is 1. The number of methoxy groups -OCH3 is 1. The second-order valence-corrected chi connectivity index (χ2v) is 5.01. The molecule has 1 aromatic heterocycles. The van der Waals surface area contributed by atoms with E-state index in [0.29, 0.717) is 19.6 Å². The number of nitrogens with one attached hydrogen (secondary N) is 1. The lowest BCUT2D eigenvalue weighted by Crippen LogP contribution is -2.37. The molecule has 0 aliphatic carbocycles. The van der Waals surface area contributed by atoms with E-state index < -0.39 is 0 Å². The number of urea groups is 1. The zero-order valence-electron chi connectivity index (χ0n) is 13.2. The Kier molecular flexibility index (Phi) is 5.41. The molecule has 1 N–H and O–H groups in total. The molecule has 0 radical (unpaired) electrons. The molecule has 0 atom stereocenters. The first-order valence-electron chi connectivity index (χ1n) is 7.26. The van der Waals surface area contributed by atoms with Crippen molar-refractivity contribution in [2.24, 2.45) is 0 Å². The van der Waals surface area contributed by atoms with Gasteiger partial charge in [0.1, 0.15) is 11.6 Å². The van der Waals surface area contributed by atoms with Crippen molar-refractivity contribution < 1.29 is 9.53 Å². The molecule has 1 aromatic carbocycles. The van der Waals surface area contributed by atoms with E-state index in [1.165, 1.54) is 0 Å². The fourth-order valence-corrected chi connectivity index (χ4v) is 2.13. The normalized spacial score (nSPS) is 10.3. The van der Waals surface area contributed by atoms with Crippen molar-refractivity contribution in [3.63, 3.8) is 0 Å². The van der Waals surface area contributed by atoms with Gasteiger partial charge in [0.2, 0.25) is 0 Å². The minimum Gasteiger partial charge on any atom is -0.497 e. The predicted octanol–water partition coefficient (Wildman–Crippen LogP) is 2.10. The van der Waals surface area contributed by atoms with Gasteiger partial charge < -0.3 is 19.5 Å². The lowest BCUT2D eigenvalue weighted by atomic mass is 10.2. The average molecular weight is 302 g/mol. The monoisotopic (exact) mass is 302 g/mol. The van der Waals surface area contributed by atoms with E-state index in [2.05, 4.69) is 10.3 Å². The summed E-state index contributed by atoms with van der Waals surface area (Å²) in [5.41, 5.74) is 1.15. The lowest BCUT2D eigenvalue weighted by Gasteiger charge is -2.18. The van der Waals surface area contributed by atoms with Crippen molar-refractivity contribution in [2.45, 2.75) is 20.0 Å². The van der Waals surface area contributed by atoms with E-state index in [1.807, 2.05) is 42.0 Å². The summed E-state index contributed by atoms with van der Waals surface area (Å²) >= 11 is 0. The van der Waals surface area contributed by atoms with Gasteiger partial charge in [0.05, 0.1) is 13.7 Å². The van der Waals surface area contributed by atoms with Crippen LogP contribution in [0.5, 0.6) is 5.75 Å². The molecule has 0 spiro atoms. The highest BCUT2D eigenvalue weighted by Crippen LogP contribution is 2.13. The van der Waals surface area contributed by atoms with Gasteiger partial charge in [-0.15, -0.1) is 0 Å². The zero-order chi connectivity index (χ0) is 15.9. The summed E-state index contributed by atoms with van der Waals surface area (Å²) in [5.74, 6) is 1.69. The van der Waals surface area contributed by atoms with Crippen LogP contribution in [-0.2, 0) is 13.1 Å². The highest BCUT2D eigenvalue weighted by molar-refractivity contribution is 5.73. The first kappa shape index (κ1) is 15.9. The quantitative estimate of drug-likeness (QED) is 0.889. The molecule has 22 heavy (non-hydrogen) atoms. The smallest absolute Gasteiger partial charge is 0.317 e. The van der Waals surface area contributed by atoms with E-state index >= 15 is 0 Å². The number of carbonyl (C=O) groups is 1. The molecule has 0 saturated heterocycles. The number of benzene rings is 1. The van der Waals surface area contributed by atoms with Gasteiger partial charge in [-0.05, 0) is 24.6 Å². The van der Waals surface area contributed by atoms with Gasteiger partial charge in [-0.1, -0.05) is 12.1 Å². The molecule has 0 aliphatic rings. The summed E-state index contributed by atoms with van der Waals surface area (Å²) in [7, 11) is 3.41. The van der Waals surface area contributed by atoms with Crippen LogP contribution in [0.25, 0.3) is 0 Å². The first-order valence-corrected chi connectivity index (χ1v) is 7.26. The average Bonchev–Trinajstić information content (AvgIpc) is 2.95. The minimum atomic E-state index is -0.0958. The predicted molar refractivity (Wildman–Crippen MR) is 84.9 cm³/mol. The van der Waals surface area contributed by atoms with Crippen molar-refractivity contribution in [3.8, 4) is 5.75 Å². The molecule has 0 saturated carbocycles. The lowest BCUT2D eigenvalue weighted by molar-refractivity contribution is 0.206. The van der Waals surface area contributed by atoms with Crippen LogP contribution < -0.4 is 10.1 Å². The molecule has 0 unspecified atom stereocenters. The number of carbonyl (C=O) groups excluding carboxylic acids is 1. The van der Waals surface area contributed by atoms with Crippen molar-refractivity contribution in [3.05, 3.63) is 48.0 Å². The van der Waals surface area contributed by atoms with E-state index in [9.17, 15) is 4.79 Å². The Morgan fingerprint density at radius 1 is 1.36 bits per heavy atom. The van der Waals surface area contributed by atoms with Gasteiger partial charge in [0, 0.05) is 32.5 Å². The molecule has 2 rings (SSSR count). The second kappa shape index (κ2) is 7.49. The molecule has 0 fully saturated rings. The van der Waals surface area contributed by atoms with E-state index in [1.54, 1.807) is 25.3 Å². The van der Waals surface area contributed by atoms with Gasteiger partial charge >= 0.3 is 6.03 Å². The number of amides is 2. The maximum atomic E-state index is 11.8. The summed E-state index contributed by atoms with van der Waals surface area (Å²) in [5, 5.41) is 2.78. The first-order chi connectivity index (χ1) is 10.6. The van der Waals surface area contributed by atoms with Crippen LogP contribution in [0.2, 0.25) is 0 Å². The minimum absolute atomic E-state index is 0.0958. The second-order valence-electron chi connectivity index (χ2n) is 5.01. The van der Waals surface area contributed by atoms with Crippen molar-refractivity contribution in [2.75, 3.05) is 20.7 Å². The molecule has 2 amide bonds. The van der Waals surface area contributed by atoms with Crippen LogP contribution in [-0.4, -0.2) is 41.2 Å². The highest BCUT2D eigenvalue weighted by Gasteiger charge is 2.11. The maximum Gasteiger partial charge on any atom is 0.317 e. The molecular formula is C16H22N4O2. The third-order valence-corrected chi connectivity index (χ3v) is 3.37. The van der Waals surface area contributed by atoms with Crippen molar-refractivity contribution in [1.29, 1.82) is 0 Å². The Morgan fingerprint density at radius 2 is 2.09 bits per heavy atom. The molecule has 0 bridgehead atoms. The maximum absolute atomic E-state index is 11.8. The van der Waals surface area contributed by atoms with Crippen LogP contribution in [0.3, 0.4) is 0 Å². The van der Waals surface area contributed by atoms with Crippen LogP contribution in [0.1, 0.15) is 18.3 Å². The Bertz CT molecular complexity index is 607. The number of hydrogen-bond acceptors (Lipinski definition) is 3.